The highest BCUT2D eigenvalue weighted by atomic mass is 19.1. The van der Waals surface area contributed by atoms with Gasteiger partial charge in [0.1, 0.15) is 23.9 Å². The molecule has 0 aromatic heterocycles. The summed E-state index contributed by atoms with van der Waals surface area (Å²) in [5.41, 5.74) is 4.57. The van der Waals surface area contributed by atoms with Crippen LogP contribution >= 0.6 is 0 Å². The van der Waals surface area contributed by atoms with E-state index in [1.54, 1.807) is 24.3 Å². The molecule has 0 radical (unpaired) electrons. The lowest BCUT2D eigenvalue weighted by Gasteiger charge is -2.09. The number of carbonyl (C=O) groups is 1. The fourth-order valence-corrected chi connectivity index (χ4v) is 3.22. The Balaban J connectivity index is 1.41. The molecule has 0 aliphatic heterocycles. The minimum Gasteiger partial charge on any atom is -0.496 e. The normalized spacial score (nSPS) is 10.9. The lowest BCUT2D eigenvalue weighted by atomic mass is 10.1. The van der Waals surface area contributed by atoms with Crippen LogP contribution in [-0.2, 0) is 6.61 Å². The van der Waals surface area contributed by atoms with Crippen molar-refractivity contribution in [2.24, 2.45) is 5.10 Å². The fraction of sp³-hybridized carbons (Fsp3) is 0.0769. The monoisotopic (exact) mass is 428 g/mol. The van der Waals surface area contributed by atoms with Gasteiger partial charge in [-0.05, 0) is 58.3 Å². The molecule has 4 aromatic rings. The molecule has 0 fully saturated rings. The summed E-state index contributed by atoms with van der Waals surface area (Å²) >= 11 is 0. The van der Waals surface area contributed by atoms with Crippen molar-refractivity contribution in [1.29, 1.82) is 0 Å². The molecular formula is C26H21FN2O3. The molecule has 0 heterocycles. The molecule has 5 nitrogen and oxygen atoms in total. The van der Waals surface area contributed by atoms with Crippen molar-refractivity contribution in [3.63, 3.8) is 0 Å². The predicted molar refractivity (Wildman–Crippen MR) is 123 cm³/mol. The van der Waals surface area contributed by atoms with E-state index in [9.17, 15) is 9.18 Å². The van der Waals surface area contributed by atoms with E-state index in [2.05, 4.69) is 10.5 Å². The quantitative estimate of drug-likeness (QED) is 0.320. The van der Waals surface area contributed by atoms with Crippen molar-refractivity contribution in [3.05, 3.63) is 107 Å². The van der Waals surface area contributed by atoms with E-state index in [1.807, 2.05) is 48.5 Å². The number of ether oxygens (including phenoxy) is 2. The van der Waals surface area contributed by atoms with E-state index in [4.69, 9.17) is 9.47 Å². The summed E-state index contributed by atoms with van der Waals surface area (Å²) in [6.45, 7) is 0.319. The van der Waals surface area contributed by atoms with E-state index in [0.29, 0.717) is 23.7 Å². The van der Waals surface area contributed by atoms with Crippen LogP contribution in [0.5, 0.6) is 11.5 Å². The third-order valence-electron chi connectivity index (χ3n) is 4.87. The molecule has 1 N–H and O–H groups in total. The molecule has 0 spiro atoms. The Hall–Kier alpha value is -4.19. The summed E-state index contributed by atoms with van der Waals surface area (Å²) in [6.07, 6.45) is 1.54. The summed E-state index contributed by atoms with van der Waals surface area (Å²) in [6, 6.07) is 24.8. The number of rotatable bonds is 7. The second-order valence-corrected chi connectivity index (χ2v) is 7.09. The SMILES string of the molecule is COc1cc2ccccc2cc1C(=O)N/N=C\c1cccc(OCc2ccc(F)cc2)c1. The molecule has 32 heavy (non-hydrogen) atoms. The number of benzene rings is 4. The zero-order chi connectivity index (χ0) is 22.3. The zero-order valence-corrected chi connectivity index (χ0v) is 17.4. The molecule has 4 rings (SSSR count). The maximum atomic E-state index is 13.0. The molecule has 0 atom stereocenters. The smallest absolute Gasteiger partial charge is 0.275 e. The van der Waals surface area contributed by atoms with Crippen LogP contribution in [0.25, 0.3) is 10.8 Å². The molecule has 6 heteroatoms. The van der Waals surface area contributed by atoms with Gasteiger partial charge in [-0.2, -0.15) is 5.10 Å². The highest BCUT2D eigenvalue weighted by Gasteiger charge is 2.13. The van der Waals surface area contributed by atoms with Gasteiger partial charge < -0.3 is 9.47 Å². The summed E-state index contributed by atoms with van der Waals surface area (Å²) in [5.74, 6) is 0.469. The molecule has 160 valence electrons. The van der Waals surface area contributed by atoms with Gasteiger partial charge in [-0.1, -0.05) is 48.5 Å². The van der Waals surface area contributed by atoms with Gasteiger partial charge in [-0.25, -0.2) is 9.82 Å². The molecule has 0 saturated carbocycles. The van der Waals surface area contributed by atoms with Crippen molar-refractivity contribution < 1.29 is 18.7 Å². The number of hydrogen-bond donors (Lipinski definition) is 1. The van der Waals surface area contributed by atoms with Crippen LogP contribution in [0.3, 0.4) is 0 Å². The van der Waals surface area contributed by atoms with Crippen molar-refractivity contribution >= 4 is 22.9 Å². The zero-order valence-electron chi connectivity index (χ0n) is 17.4. The first-order chi connectivity index (χ1) is 15.6. The average Bonchev–Trinajstić information content (AvgIpc) is 2.83. The first-order valence-corrected chi connectivity index (χ1v) is 10.00. The Bertz CT molecular complexity index is 1270. The summed E-state index contributed by atoms with van der Waals surface area (Å²) in [4.78, 5) is 12.7. The van der Waals surface area contributed by atoms with Crippen LogP contribution < -0.4 is 14.9 Å². The van der Waals surface area contributed by atoms with Gasteiger partial charge in [-0.15, -0.1) is 0 Å². The van der Waals surface area contributed by atoms with Crippen LogP contribution in [0.2, 0.25) is 0 Å². The van der Waals surface area contributed by atoms with Crippen molar-refractivity contribution in [2.45, 2.75) is 6.61 Å². The Kier molecular flexibility index (Phi) is 6.41. The topological polar surface area (TPSA) is 59.9 Å². The summed E-state index contributed by atoms with van der Waals surface area (Å²) < 4.78 is 24.1. The van der Waals surface area contributed by atoms with Crippen molar-refractivity contribution in [3.8, 4) is 11.5 Å². The number of hydrogen-bond acceptors (Lipinski definition) is 4. The van der Waals surface area contributed by atoms with E-state index in [1.165, 1.54) is 25.5 Å². The molecule has 0 aliphatic carbocycles. The standard InChI is InChI=1S/C26H21FN2O3/c1-31-25-15-21-7-3-2-6-20(21)14-24(25)26(30)29-28-16-19-5-4-8-23(13-19)32-17-18-9-11-22(27)12-10-18/h2-16H,17H2,1H3,(H,29,30)/b28-16-. The Morgan fingerprint density at radius 3 is 2.47 bits per heavy atom. The molecule has 1 amide bonds. The maximum absolute atomic E-state index is 13.0. The van der Waals surface area contributed by atoms with Gasteiger partial charge in [0.15, 0.2) is 0 Å². The highest BCUT2D eigenvalue weighted by molar-refractivity contribution is 6.02. The van der Waals surface area contributed by atoms with E-state index < -0.39 is 0 Å². The van der Waals surface area contributed by atoms with Gasteiger partial charge in [0.2, 0.25) is 0 Å². The highest BCUT2D eigenvalue weighted by Crippen LogP contribution is 2.26. The van der Waals surface area contributed by atoms with E-state index in [-0.39, 0.29) is 11.7 Å². The van der Waals surface area contributed by atoms with Crippen LogP contribution in [0.4, 0.5) is 4.39 Å². The molecule has 0 bridgehead atoms. The summed E-state index contributed by atoms with van der Waals surface area (Å²) in [7, 11) is 1.53. The lowest BCUT2D eigenvalue weighted by molar-refractivity contribution is 0.0952. The van der Waals surface area contributed by atoms with Crippen LogP contribution in [0.1, 0.15) is 21.5 Å². The Labute approximate surface area is 185 Å². The fourth-order valence-electron chi connectivity index (χ4n) is 3.22. The first kappa shape index (κ1) is 21.1. The molecule has 0 saturated heterocycles. The number of carbonyl (C=O) groups excluding carboxylic acids is 1. The minimum absolute atomic E-state index is 0.282. The molecule has 4 aromatic carbocycles. The Morgan fingerprint density at radius 1 is 0.969 bits per heavy atom. The third-order valence-corrected chi connectivity index (χ3v) is 4.87. The van der Waals surface area contributed by atoms with Crippen molar-refractivity contribution in [2.75, 3.05) is 7.11 Å². The minimum atomic E-state index is -0.368. The van der Waals surface area contributed by atoms with Crippen LogP contribution in [-0.4, -0.2) is 19.2 Å². The number of amides is 1. The van der Waals surface area contributed by atoms with Gasteiger partial charge in [0, 0.05) is 0 Å². The summed E-state index contributed by atoms with van der Waals surface area (Å²) in [5, 5.41) is 5.99. The number of nitrogens with zero attached hydrogens (tertiary/aromatic N) is 1. The number of fused-ring (bicyclic) bond motifs is 1. The second-order valence-electron chi connectivity index (χ2n) is 7.09. The van der Waals surface area contributed by atoms with Crippen LogP contribution in [0, 0.1) is 5.82 Å². The molecule has 0 unspecified atom stereocenters. The number of halogens is 1. The molecular weight excluding hydrogens is 407 g/mol. The van der Waals surface area contributed by atoms with Gasteiger partial charge in [-0.3, -0.25) is 4.79 Å². The average molecular weight is 428 g/mol. The van der Waals surface area contributed by atoms with E-state index in [0.717, 1.165) is 21.9 Å². The lowest BCUT2D eigenvalue weighted by Crippen LogP contribution is -2.18. The van der Waals surface area contributed by atoms with Gasteiger partial charge >= 0.3 is 0 Å². The van der Waals surface area contributed by atoms with Gasteiger partial charge in [0.25, 0.3) is 5.91 Å². The first-order valence-electron chi connectivity index (χ1n) is 10.00. The number of hydrazone groups is 1. The maximum Gasteiger partial charge on any atom is 0.275 e. The van der Waals surface area contributed by atoms with E-state index >= 15 is 0 Å². The van der Waals surface area contributed by atoms with Gasteiger partial charge in [0.05, 0.1) is 18.9 Å². The van der Waals surface area contributed by atoms with Crippen LogP contribution in [0.15, 0.2) is 90.0 Å². The number of nitrogens with one attached hydrogen (secondary N) is 1. The predicted octanol–water partition coefficient (Wildman–Crippen LogP) is 5.33. The molecule has 0 aliphatic rings. The number of methoxy groups -OCH3 is 1. The second kappa shape index (κ2) is 9.75. The third kappa shape index (κ3) is 5.10. The largest absolute Gasteiger partial charge is 0.496 e. The Morgan fingerprint density at radius 2 is 1.72 bits per heavy atom. The van der Waals surface area contributed by atoms with Crippen molar-refractivity contribution in [1.82, 2.24) is 5.43 Å².